The maximum atomic E-state index is 9.42. The first-order valence-corrected chi connectivity index (χ1v) is 6.48. The SMILES string of the molecule is Cc1nc2c(C#N)cnn2c(-c2ccc(Cl)cc2)c1C#N. The molecule has 0 bridgehead atoms. The smallest absolute Gasteiger partial charge is 0.173 e. The Labute approximate surface area is 125 Å². The van der Waals surface area contributed by atoms with Gasteiger partial charge in [-0.15, -0.1) is 0 Å². The lowest BCUT2D eigenvalue weighted by Crippen LogP contribution is -2.03. The molecule has 21 heavy (non-hydrogen) atoms. The first-order chi connectivity index (χ1) is 10.2. The van der Waals surface area contributed by atoms with Crippen molar-refractivity contribution in [2.45, 2.75) is 6.92 Å². The van der Waals surface area contributed by atoms with Crippen molar-refractivity contribution in [3.05, 3.63) is 52.3 Å². The third-order valence-corrected chi connectivity index (χ3v) is 3.43. The number of nitrogens with zero attached hydrogens (tertiary/aromatic N) is 5. The lowest BCUT2D eigenvalue weighted by molar-refractivity contribution is 0.933. The summed E-state index contributed by atoms with van der Waals surface area (Å²) in [6.45, 7) is 1.74. The van der Waals surface area contributed by atoms with Crippen LogP contribution in [-0.4, -0.2) is 14.6 Å². The van der Waals surface area contributed by atoms with Crippen LogP contribution in [0.25, 0.3) is 16.9 Å². The summed E-state index contributed by atoms with van der Waals surface area (Å²) >= 11 is 5.91. The Bertz CT molecular complexity index is 926. The fourth-order valence-corrected chi connectivity index (χ4v) is 2.32. The average Bonchev–Trinajstić information content (AvgIpc) is 2.89. The zero-order valence-electron chi connectivity index (χ0n) is 11.0. The van der Waals surface area contributed by atoms with E-state index in [1.165, 1.54) is 10.7 Å². The molecule has 0 amide bonds. The summed E-state index contributed by atoms with van der Waals surface area (Å²) < 4.78 is 1.52. The van der Waals surface area contributed by atoms with Gasteiger partial charge in [-0.3, -0.25) is 0 Å². The first kappa shape index (κ1) is 13.1. The maximum Gasteiger partial charge on any atom is 0.173 e. The van der Waals surface area contributed by atoms with Crippen molar-refractivity contribution >= 4 is 17.2 Å². The number of aromatic nitrogens is 3. The summed E-state index contributed by atoms with van der Waals surface area (Å²) in [4.78, 5) is 4.31. The molecule has 0 N–H and O–H groups in total. The molecule has 0 aliphatic heterocycles. The van der Waals surface area contributed by atoms with Gasteiger partial charge >= 0.3 is 0 Å². The van der Waals surface area contributed by atoms with E-state index in [1.54, 1.807) is 19.1 Å². The predicted molar refractivity (Wildman–Crippen MR) is 77.6 cm³/mol. The predicted octanol–water partition coefficient (Wildman–Crippen LogP) is 3.10. The zero-order chi connectivity index (χ0) is 15.0. The number of rotatable bonds is 1. The normalized spacial score (nSPS) is 10.3. The topological polar surface area (TPSA) is 77.8 Å². The largest absolute Gasteiger partial charge is 0.231 e. The van der Waals surface area contributed by atoms with Gasteiger partial charge in [-0.25, -0.2) is 9.50 Å². The van der Waals surface area contributed by atoms with Crippen molar-refractivity contribution < 1.29 is 0 Å². The highest BCUT2D eigenvalue weighted by molar-refractivity contribution is 6.30. The van der Waals surface area contributed by atoms with E-state index < -0.39 is 0 Å². The van der Waals surface area contributed by atoms with Gasteiger partial charge in [0.25, 0.3) is 0 Å². The van der Waals surface area contributed by atoms with Crippen LogP contribution in [0.1, 0.15) is 16.8 Å². The summed E-state index contributed by atoms with van der Waals surface area (Å²) in [5.74, 6) is 0. The van der Waals surface area contributed by atoms with Crippen LogP contribution >= 0.6 is 11.6 Å². The minimum absolute atomic E-state index is 0.373. The van der Waals surface area contributed by atoms with Crippen molar-refractivity contribution in [3.63, 3.8) is 0 Å². The lowest BCUT2D eigenvalue weighted by Gasteiger charge is -2.09. The number of hydrogen-bond acceptors (Lipinski definition) is 4. The Kier molecular flexibility index (Phi) is 3.06. The third kappa shape index (κ3) is 2.01. The lowest BCUT2D eigenvalue weighted by atomic mass is 10.1. The van der Waals surface area contributed by atoms with E-state index in [0.717, 1.165) is 5.56 Å². The van der Waals surface area contributed by atoms with E-state index in [0.29, 0.717) is 33.2 Å². The molecule has 0 saturated heterocycles. The highest BCUT2D eigenvalue weighted by Crippen LogP contribution is 2.27. The fraction of sp³-hybridized carbons (Fsp3) is 0.0667. The molecule has 0 radical (unpaired) electrons. The standard InChI is InChI=1S/C15H8ClN5/c1-9-13(7-18)14(10-2-4-12(16)5-3-10)21-15(20-9)11(6-17)8-19-21/h2-5,8H,1H3. The highest BCUT2D eigenvalue weighted by atomic mass is 35.5. The molecule has 3 aromatic rings. The second-order valence-electron chi connectivity index (χ2n) is 4.44. The van der Waals surface area contributed by atoms with Crippen LogP contribution in [-0.2, 0) is 0 Å². The number of benzene rings is 1. The van der Waals surface area contributed by atoms with Gasteiger partial charge in [-0.2, -0.15) is 15.6 Å². The molecule has 100 valence electrons. The number of fused-ring (bicyclic) bond motifs is 1. The van der Waals surface area contributed by atoms with Gasteiger partial charge in [0.15, 0.2) is 5.65 Å². The highest BCUT2D eigenvalue weighted by Gasteiger charge is 2.17. The second-order valence-corrected chi connectivity index (χ2v) is 4.88. The van der Waals surface area contributed by atoms with Crippen molar-refractivity contribution in [2.75, 3.05) is 0 Å². The van der Waals surface area contributed by atoms with Gasteiger partial charge in [-0.1, -0.05) is 23.7 Å². The fourth-order valence-electron chi connectivity index (χ4n) is 2.19. The van der Waals surface area contributed by atoms with E-state index in [2.05, 4.69) is 22.2 Å². The van der Waals surface area contributed by atoms with Crippen LogP contribution in [0.3, 0.4) is 0 Å². The maximum absolute atomic E-state index is 9.42. The van der Waals surface area contributed by atoms with E-state index in [4.69, 9.17) is 16.9 Å². The van der Waals surface area contributed by atoms with E-state index in [1.807, 2.05) is 12.1 Å². The summed E-state index contributed by atoms with van der Waals surface area (Å²) in [5.41, 5.74) is 3.21. The van der Waals surface area contributed by atoms with Crippen LogP contribution in [0, 0.1) is 29.6 Å². The van der Waals surface area contributed by atoms with Gasteiger partial charge in [0.1, 0.15) is 17.7 Å². The van der Waals surface area contributed by atoms with Gasteiger partial charge in [-0.05, 0) is 19.1 Å². The molecular weight excluding hydrogens is 286 g/mol. The molecule has 0 aliphatic carbocycles. The van der Waals surface area contributed by atoms with Gasteiger partial charge in [0.2, 0.25) is 0 Å². The number of hydrogen-bond donors (Lipinski definition) is 0. The molecule has 0 unspecified atom stereocenters. The number of nitriles is 2. The van der Waals surface area contributed by atoms with E-state index in [9.17, 15) is 5.26 Å². The Hall–Kier alpha value is -2.89. The van der Waals surface area contributed by atoms with Gasteiger partial charge < -0.3 is 0 Å². The summed E-state index contributed by atoms with van der Waals surface area (Å²) in [6, 6.07) is 11.3. The molecule has 0 spiro atoms. The summed E-state index contributed by atoms with van der Waals surface area (Å²) in [5, 5.41) is 23.3. The summed E-state index contributed by atoms with van der Waals surface area (Å²) in [6.07, 6.45) is 1.45. The molecule has 6 heteroatoms. The summed E-state index contributed by atoms with van der Waals surface area (Å²) in [7, 11) is 0. The molecule has 0 fully saturated rings. The van der Waals surface area contributed by atoms with Crippen LogP contribution in [0.5, 0.6) is 0 Å². The van der Waals surface area contributed by atoms with E-state index in [-0.39, 0.29) is 0 Å². The molecule has 2 heterocycles. The molecule has 3 rings (SSSR count). The minimum atomic E-state index is 0.373. The molecular formula is C15H8ClN5. The second kappa shape index (κ2) is 4.90. The Morgan fingerprint density at radius 2 is 1.86 bits per heavy atom. The molecule has 2 aromatic heterocycles. The van der Waals surface area contributed by atoms with Crippen LogP contribution < -0.4 is 0 Å². The van der Waals surface area contributed by atoms with Crippen molar-refractivity contribution in [2.24, 2.45) is 0 Å². The quantitative estimate of drug-likeness (QED) is 0.690. The van der Waals surface area contributed by atoms with Crippen molar-refractivity contribution in [1.29, 1.82) is 10.5 Å². The van der Waals surface area contributed by atoms with E-state index >= 15 is 0 Å². The van der Waals surface area contributed by atoms with Crippen LogP contribution in [0.15, 0.2) is 30.5 Å². The minimum Gasteiger partial charge on any atom is -0.231 e. The molecule has 0 atom stereocenters. The van der Waals surface area contributed by atoms with Crippen molar-refractivity contribution in [1.82, 2.24) is 14.6 Å². The van der Waals surface area contributed by atoms with Crippen molar-refractivity contribution in [3.8, 4) is 23.4 Å². The Morgan fingerprint density at radius 1 is 1.14 bits per heavy atom. The van der Waals surface area contributed by atoms with Crippen LogP contribution in [0.2, 0.25) is 5.02 Å². The molecule has 5 nitrogen and oxygen atoms in total. The third-order valence-electron chi connectivity index (χ3n) is 3.18. The zero-order valence-corrected chi connectivity index (χ0v) is 11.8. The van der Waals surface area contributed by atoms with Gasteiger partial charge in [0.05, 0.1) is 23.1 Å². The Balaban J connectivity index is 2.44. The van der Waals surface area contributed by atoms with Gasteiger partial charge in [0, 0.05) is 10.6 Å². The molecule has 0 saturated carbocycles. The number of aryl methyl sites for hydroxylation is 1. The monoisotopic (exact) mass is 293 g/mol. The molecule has 1 aromatic carbocycles. The number of halogens is 1. The molecule has 0 aliphatic rings. The first-order valence-electron chi connectivity index (χ1n) is 6.10. The Morgan fingerprint density at radius 3 is 2.48 bits per heavy atom. The van der Waals surface area contributed by atoms with Crippen LogP contribution in [0.4, 0.5) is 0 Å². The average molecular weight is 294 g/mol.